The zero-order chi connectivity index (χ0) is 23.0. The van der Waals surface area contributed by atoms with Gasteiger partial charge in [-0.1, -0.05) is 12.1 Å². The number of carbonyl (C=O) groups excluding carboxylic acids is 1. The molecule has 32 heavy (non-hydrogen) atoms. The van der Waals surface area contributed by atoms with E-state index in [-0.39, 0.29) is 10.0 Å². The Morgan fingerprint density at radius 2 is 2.03 bits per heavy atom. The second kappa shape index (κ2) is 8.04. The number of hydrogen-bond donors (Lipinski definition) is 2. The highest BCUT2D eigenvalue weighted by atomic mass is 19.1. The molecule has 1 atom stereocenters. The number of carbonyl (C=O) groups is 1. The van der Waals surface area contributed by atoms with Gasteiger partial charge in [0.2, 0.25) is 5.82 Å². The Bertz CT molecular complexity index is 1380. The van der Waals surface area contributed by atoms with Gasteiger partial charge in [0.15, 0.2) is 0 Å². The molecule has 2 aromatic heterocycles. The van der Waals surface area contributed by atoms with Crippen LogP contribution < -0.4 is 10.2 Å². The molecule has 2 heterocycles. The van der Waals surface area contributed by atoms with E-state index in [0.717, 1.165) is 39.7 Å². The Morgan fingerprint density at radius 3 is 2.69 bits per heavy atom. The van der Waals surface area contributed by atoms with Gasteiger partial charge in [0.05, 0.1) is 23.8 Å². The van der Waals surface area contributed by atoms with Gasteiger partial charge in [-0.25, -0.2) is 13.7 Å². The fourth-order valence-corrected chi connectivity index (χ4v) is 4.22. The Labute approximate surface area is 185 Å². The number of halogens is 1. The van der Waals surface area contributed by atoms with E-state index in [9.17, 15) is 9.18 Å². The zero-order valence-corrected chi connectivity index (χ0v) is 18.2. The summed E-state index contributed by atoms with van der Waals surface area (Å²) < 4.78 is 16.2. The molecule has 0 saturated carbocycles. The number of rotatable bonds is 6. The number of aryl methyl sites for hydroxylation is 1. The van der Waals surface area contributed by atoms with E-state index in [1.807, 2.05) is 44.4 Å². The maximum absolute atomic E-state index is 14.5. The highest BCUT2D eigenvalue weighted by Crippen LogP contribution is 2.41. The Morgan fingerprint density at radius 1 is 1.28 bits per heavy atom. The molecule has 0 saturated heterocycles. The van der Waals surface area contributed by atoms with Crippen LogP contribution in [0.1, 0.15) is 11.1 Å². The average Bonchev–Trinajstić information content (AvgIpc) is 3.32. The molecule has 7 nitrogen and oxygen atoms in total. The van der Waals surface area contributed by atoms with Crippen molar-refractivity contribution < 1.29 is 9.18 Å². The van der Waals surface area contributed by atoms with E-state index in [2.05, 4.69) is 10.1 Å². The third kappa shape index (κ3) is 3.47. The number of aromatic nitrogens is 3. The van der Waals surface area contributed by atoms with Gasteiger partial charge in [-0.05, 0) is 42.3 Å². The standard InChI is InChI=1S/C24H24FN6O/c1-15-22(16-4-5-18(12-27)20(25)11-16)23(28-24(15)31(3,14-32)9-8-26)17-6-7-21-19(10-17)13-30(2)29-21/h4-7,10-11,13-14,28H,8-9,26H2,1-3H3/q+1. The molecule has 1 amide bonds. The fraction of sp³-hybridized carbons (Fsp3) is 0.208. The Balaban J connectivity index is 2.00. The van der Waals surface area contributed by atoms with Gasteiger partial charge in [-0.2, -0.15) is 10.4 Å². The zero-order valence-electron chi connectivity index (χ0n) is 18.2. The molecule has 162 valence electrons. The van der Waals surface area contributed by atoms with Crippen molar-refractivity contribution in [2.45, 2.75) is 6.92 Å². The number of benzene rings is 2. The van der Waals surface area contributed by atoms with E-state index in [1.54, 1.807) is 17.8 Å². The number of amides is 1. The first-order valence-corrected chi connectivity index (χ1v) is 10.2. The number of H-pyrrole nitrogens is 1. The first-order valence-electron chi connectivity index (χ1n) is 10.2. The molecule has 1 unspecified atom stereocenters. The summed E-state index contributed by atoms with van der Waals surface area (Å²) in [4.78, 5) is 15.5. The Hall–Kier alpha value is -3.80. The van der Waals surface area contributed by atoms with Crippen molar-refractivity contribution >= 4 is 23.1 Å². The summed E-state index contributed by atoms with van der Waals surface area (Å²) >= 11 is 0. The summed E-state index contributed by atoms with van der Waals surface area (Å²) in [5.41, 5.74) is 10.5. The number of nitrogens with two attached hydrogens (primary N) is 1. The minimum absolute atomic E-state index is 0.0165. The van der Waals surface area contributed by atoms with E-state index in [0.29, 0.717) is 24.5 Å². The van der Waals surface area contributed by atoms with Crippen molar-refractivity contribution in [2.75, 3.05) is 20.1 Å². The average molecular weight is 431 g/mol. The van der Waals surface area contributed by atoms with Crippen LogP contribution in [0.25, 0.3) is 33.3 Å². The quantitative estimate of drug-likeness (QED) is 0.360. The molecule has 0 aliphatic rings. The van der Waals surface area contributed by atoms with Gasteiger partial charge >= 0.3 is 6.41 Å². The van der Waals surface area contributed by atoms with Crippen LogP contribution in [-0.4, -0.2) is 41.3 Å². The van der Waals surface area contributed by atoms with Gasteiger partial charge < -0.3 is 10.7 Å². The SMILES string of the molecule is Cc1c([N+](C)(C=O)CCN)[nH]c(-c2ccc3nn(C)cc3c2)c1-c1ccc(C#N)c(F)c1. The lowest BCUT2D eigenvalue weighted by Gasteiger charge is -2.25. The van der Waals surface area contributed by atoms with E-state index in [1.165, 1.54) is 12.1 Å². The summed E-state index contributed by atoms with van der Waals surface area (Å²) in [5, 5.41) is 14.5. The first-order chi connectivity index (χ1) is 15.3. The van der Waals surface area contributed by atoms with Crippen LogP contribution >= 0.6 is 0 Å². The van der Waals surface area contributed by atoms with Crippen molar-refractivity contribution in [2.24, 2.45) is 12.8 Å². The predicted molar refractivity (Wildman–Crippen MR) is 123 cm³/mol. The van der Waals surface area contributed by atoms with Gasteiger partial charge in [-0.15, -0.1) is 0 Å². The Kier molecular flexibility index (Phi) is 5.38. The van der Waals surface area contributed by atoms with Crippen molar-refractivity contribution in [1.82, 2.24) is 19.2 Å². The molecule has 4 rings (SSSR count). The number of fused-ring (bicyclic) bond motifs is 1. The summed E-state index contributed by atoms with van der Waals surface area (Å²) in [6, 6.07) is 12.3. The van der Waals surface area contributed by atoms with Crippen molar-refractivity contribution in [3.63, 3.8) is 0 Å². The molecule has 4 aromatic rings. The lowest BCUT2D eigenvalue weighted by atomic mass is 9.96. The van der Waals surface area contributed by atoms with Crippen LogP contribution in [0.2, 0.25) is 0 Å². The van der Waals surface area contributed by atoms with Gasteiger partial charge in [0.25, 0.3) is 0 Å². The van der Waals surface area contributed by atoms with Crippen LogP contribution in [0.4, 0.5) is 10.2 Å². The first kappa shape index (κ1) is 21.4. The van der Waals surface area contributed by atoms with Crippen molar-refractivity contribution in [3.8, 4) is 28.5 Å². The minimum atomic E-state index is -0.588. The number of likely N-dealkylation sites (N-methyl/N-ethyl adjacent to an activating group) is 1. The largest absolute Gasteiger partial charge is 0.326 e. The van der Waals surface area contributed by atoms with E-state index < -0.39 is 5.82 Å². The summed E-state index contributed by atoms with van der Waals surface area (Å²) in [6.07, 6.45) is 2.78. The molecule has 0 fully saturated rings. The topological polar surface area (TPSA) is 100 Å². The number of nitrogens with one attached hydrogen (secondary N) is 1. The maximum atomic E-state index is 14.5. The summed E-state index contributed by atoms with van der Waals surface area (Å²) in [6.45, 7) is 2.64. The number of nitrogens with zero attached hydrogens (tertiary/aromatic N) is 4. The molecule has 2 aromatic carbocycles. The van der Waals surface area contributed by atoms with Crippen molar-refractivity contribution in [3.05, 3.63) is 59.5 Å². The fourth-order valence-electron chi connectivity index (χ4n) is 4.22. The van der Waals surface area contributed by atoms with Crippen LogP contribution in [0.15, 0.2) is 42.6 Å². The molecule has 0 spiro atoms. The number of nitriles is 1. The van der Waals surface area contributed by atoms with Gasteiger partial charge in [0.1, 0.15) is 18.4 Å². The summed E-state index contributed by atoms with van der Waals surface area (Å²) in [5.74, 6) is 0.0990. The second-order valence-corrected chi connectivity index (χ2v) is 8.12. The highest BCUT2D eigenvalue weighted by Gasteiger charge is 2.32. The van der Waals surface area contributed by atoms with Crippen molar-refractivity contribution in [1.29, 1.82) is 5.26 Å². The molecule has 0 bridgehead atoms. The summed E-state index contributed by atoms with van der Waals surface area (Å²) in [7, 11) is 3.65. The molecular weight excluding hydrogens is 407 g/mol. The number of aromatic amines is 1. The predicted octanol–water partition coefficient (Wildman–Crippen LogP) is 3.61. The lowest BCUT2D eigenvalue weighted by molar-refractivity contribution is -0.116. The molecular formula is C24H24FN6O+. The van der Waals surface area contributed by atoms with Crippen LogP contribution in [-0.2, 0) is 11.8 Å². The minimum Gasteiger partial charge on any atom is -0.326 e. The smallest absolute Gasteiger partial charge is 0.307 e. The van der Waals surface area contributed by atoms with Crippen LogP contribution in [0.3, 0.4) is 0 Å². The third-order valence-corrected chi connectivity index (χ3v) is 5.85. The molecule has 3 N–H and O–H groups in total. The molecule has 8 heteroatoms. The number of hydrogen-bond acceptors (Lipinski definition) is 4. The normalized spacial score (nSPS) is 13.1. The highest BCUT2D eigenvalue weighted by molar-refractivity contribution is 5.92. The van der Waals surface area contributed by atoms with Gasteiger partial charge in [0, 0.05) is 36.3 Å². The van der Waals surface area contributed by atoms with E-state index in [4.69, 9.17) is 11.0 Å². The molecule has 0 radical (unpaired) electrons. The maximum Gasteiger partial charge on any atom is 0.307 e. The van der Waals surface area contributed by atoms with E-state index >= 15 is 0 Å². The van der Waals surface area contributed by atoms with Crippen LogP contribution in [0.5, 0.6) is 0 Å². The third-order valence-electron chi connectivity index (χ3n) is 5.85. The van der Waals surface area contributed by atoms with Crippen LogP contribution in [0, 0.1) is 24.1 Å². The lowest BCUT2D eigenvalue weighted by Crippen LogP contribution is -2.47. The monoisotopic (exact) mass is 431 g/mol. The number of quaternary nitrogens is 1. The molecule has 0 aliphatic carbocycles. The van der Waals surface area contributed by atoms with Gasteiger partial charge in [-0.3, -0.25) is 4.68 Å². The second-order valence-electron chi connectivity index (χ2n) is 8.12. The molecule has 0 aliphatic heterocycles.